The zero-order valence-corrected chi connectivity index (χ0v) is 12.7. The van der Waals surface area contributed by atoms with Crippen LogP contribution in [0.1, 0.15) is 11.6 Å². The van der Waals surface area contributed by atoms with Gasteiger partial charge in [-0.25, -0.2) is 0 Å². The maximum Gasteiger partial charge on any atom is 0.127 e. The van der Waals surface area contributed by atoms with Crippen LogP contribution in [-0.4, -0.2) is 59.0 Å². The predicted octanol–water partition coefficient (Wildman–Crippen LogP) is 1.29. The monoisotopic (exact) mass is 280 g/mol. The summed E-state index contributed by atoms with van der Waals surface area (Å²) in [7, 11) is 7.42. The Kier molecular flexibility index (Phi) is 5.23. The smallest absolute Gasteiger partial charge is 0.127 e. The Balaban J connectivity index is 2.35. The molecule has 1 aromatic rings. The molecule has 1 aromatic carbocycles. The number of morpholine rings is 1. The van der Waals surface area contributed by atoms with Crippen LogP contribution in [-0.2, 0) is 4.74 Å². The first-order chi connectivity index (χ1) is 9.71. The highest BCUT2D eigenvalue weighted by atomic mass is 16.5. The van der Waals surface area contributed by atoms with Crippen LogP contribution in [0, 0.1) is 0 Å². The van der Waals surface area contributed by atoms with Gasteiger partial charge in [-0.2, -0.15) is 0 Å². The predicted molar refractivity (Wildman–Crippen MR) is 78.6 cm³/mol. The minimum Gasteiger partial charge on any atom is -0.497 e. The fraction of sp³-hybridized carbons (Fsp3) is 0.600. The van der Waals surface area contributed by atoms with E-state index in [1.165, 1.54) is 0 Å². The van der Waals surface area contributed by atoms with Crippen molar-refractivity contribution in [3.8, 4) is 11.5 Å². The van der Waals surface area contributed by atoms with Gasteiger partial charge in [0.15, 0.2) is 0 Å². The molecule has 2 atom stereocenters. The number of rotatable bonds is 5. The topological polar surface area (TPSA) is 43.0 Å². The summed E-state index contributed by atoms with van der Waals surface area (Å²) in [6.07, 6.45) is 0.112. The zero-order chi connectivity index (χ0) is 14.5. The summed E-state index contributed by atoms with van der Waals surface area (Å²) < 4.78 is 16.7. The first-order valence-corrected chi connectivity index (χ1v) is 6.89. The van der Waals surface area contributed by atoms with E-state index in [4.69, 9.17) is 14.2 Å². The molecule has 1 N–H and O–H groups in total. The van der Waals surface area contributed by atoms with E-state index in [2.05, 4.69) is 23.3 Å². The van der Waals surface area contributed by atoms with Gasteiger partial charge in [0.1, 0.15) is 11.5 Å². The van der Waals surface area contributed by atoms with E-state index in [1.807, 2.05) is 19.2 Å². The largest absolute Gasteiger partial charge is 0.497 e. The van der Waals surface area contributed by atoms with Crippen LogP contribution in [0.25, 0.3) is 0 Å². The van der Waals surface area contributed by atoms with Crippen molar-refractivity contribution in [1.82, 2.24) is 10.2 Å². The maximum absolute atomic E-state index is 5.92. The van der Waals surface area contributed by atoms with Crippen molar-refractivity contribution in [2.75, 3.05) is 48.0 Å². The van der Waals surface area contributed by atoms with E-state index in [0.717, 1.165) is 36.8 Å². The lowest BCUT2D eigenvalue weighted by atomic mass is 9.97. The molecular weight excluding hydrogens is 256 g/mol. The Morgan fingerprint density at radius 2 is 2.15 bits per heavy atom. The SMILES string of the molecule is CNCC1OCCN(C)C1c1ccc(OC)cc1OC. The number of benzene rings is 1. The van der Waals surface area contributed by atoms with Gasteiger partial charge in [-0.1, -0.05) is 0 Å². The molecule has 1 aliphatic heterocycles. The summed E-state index contributed by atoms with van der Waals surface area (Å²) in [4.78, 5) is 2.32. The average Bonchev–Trinajstić information content (AvgIpc) is 2.47. The van der Waals surface area contributed by atoms with Crippen molar-refractivity contribution in [3.63, 3.8) is 0 Å². The molecule has 0 bridgehead atoms. The Morgan fingerprint density at radius 3 is 2.80 bits per heavy atom. The molecule has 2 unspecified atom stereocenters. The molecule has 1 heterocycles. The molecule has 20 heavy (non-hydrogen) atoms. The highest BCUT2D eigenvalue weighted by Crippen LogP contribution is 2.36. The summed E-state index contributed by atoms with van der Waals surface area (Å²) in [6, 6.07) is 6.14. The third kappa shape index (κ3) is 3.06. The minimum atomic E-state index is 0.112. The molecule has 0 aromatic heterocycles. The Labute approximate surface area is 120 Å². The Morgan fingerprint density at radius 1 is 1.35 bits per heavy atom. The lowest BCUT2D eigenvalue weighted by Gasteiger charge is -2.39. The quantitative estimate of drug-likeness (QED) is 0.880. The van der Waals surface area contributed by atoms with Gasteiger partial charge in [0.2, 0.25) is 0 Å². The van der Waals surface area contributed by atoms with E-state index in [1.54, 1.807) is 14.2 Å². The van der Waals surface area contributed by atoms with Gasteiger partial charge in [-0.05, 0) is 26.2 Å². The number of hydrogen-bond donors (Lipinski definition) is 1. The normalized spacial score (nSPS) is 23.6. The Hall–Kier alpha value is -1.30. The lowest BCUT2D eigenvalue weighted by Crippen LogP contribution is -2.47. The molecule has 0 aliphatic carbocycles. The number of ether oxygens (including phenoxy) is 3. The summed E-state index contributed by atoms with van der Waals surface area (Å²) in [6.45, 7) is 2.49. The summed E-state index contributed by atoms with van der Waals surface area (Å²) in [5.41, 5.74) is 1.13. The standard InChI is InChI=1S/C15H24N2O3/c1-16-10-14-15(17(2)7-8-20-14)12-6-5-11(18-3)9-13(12)19-4/h5-6,9,14-16H,7-8,10H2,1-4H3. The van der Waals surface area contributed by atoms with Gasteiger partial charge in [0.25, 0.3) is 0 Å². The van der Waals surface area contributed by atoms with Crippen LogP contribution < -0.4 is 14.8 Å². The fourth-order valence-electron chi connectivity index (χ4n) is 2.73. The number of likely N-dealkylation sites (N-methyl/N-ethyl adjacent to an activating group) is 2. The van der Waals surface area contributed by atoms with E-state index >= 15 is 0 Å². The first kappa shape index (κ1) is 15.1. The van der Waals surface area contributed by atoms with Crippen molar-refractivity contribution in [2.24, 2.45) is 0 Å². The van der Waals surface area contributed by atoms with Crippen molar-refractivity contribution >= 4 is 0 Å². The minimum absolute atomic E-state index is 0.112. The molecule has 1 saturated heterocycles. The van der Waals surface area contributed by atoms with Crippen LogP contribution in [0.15, 0.2) is 18.2 Å². The third-order valence-electron chi connectivity index (χ3n) is 3.77. The molecule has 0 spiro atoms. The van der Waals surface area contributed by atoms with Crippen LogP contribution in [0.4, 0.5) is 0 Å². The molecule has 0 radical (unpaired) electrons. The molecule has 5 heteroatoms. The second-order valence-corrected chi connectivity index (χ2v) is 5.00. The number of methoxy groups -OCH3 is 2. The molecular formula is C15H24N2O3. The van der Waals surface area contributed by atoms with E-state index in [9.17, 15) is 0 Å². The zero-order valence-electron chi connectivity index (χ0n) is 12.7. The van der Waals surface area contributed by atoms with E-state index in [0.29, 0.717) is 0 Å². The van der Waals surface area contributed by atoms with Crippen molar-refractivity contribution in [1.29, 1.82) is 0 Å². The molecule has 1 fully saturated rings. The summed E-state index contributed by atoms with van der Waals surface area (Å²) >= 11 is 0. The summed E-state index contributed by atoms with van der Waals surface area (Å²) in [5, 5.41) is 3.20. The average molecular weight is 280 g/mol. The summed E-state index contributed by atoms with van der Waals surface area (Å²) in [5.74, 6) is 1.64. The van der Waals surface area contributed by atoms with Gasteiger partial charge >= 0.3 is 0 Å². The maximum atomic E-state index is 5.92. The molecule has 2 rings (SSSR count). The van der Waals surface area contributed by atoms with E-state index < -0.39 is 0 Å². The van der Waals surface area contributed by atoms with Crippen LogP contribution in [0.2, 0.25) is 0 Å². The second kappa shape index (κ2) is 6.92. The first-order valence-electron chi connectivity index (χ1n) is 6.89. The number of hydrogen-bond acceptors (Lipinski definition) is 5. The third-order valence-corrected chi connectivity index (χ3v) is 3.77. The lowest BCUT2D eigenvalue weighted by molar-refractivity contribution is -0.0612. The van der Waals surface area contributed by atoms with Crippen LogP contribution in [0.5, 0.6) is 11.5 Å². The molecule has 0 amide bonds. The molecule has 112 valence electrons. The van der Waals surface area contributed by atoms with Gasteiger partial charge in [-0.15, -0.1) is 0 Å². The molecule has 5 nitrogen and oxygen atoms in total. The Bertz CT molecular complexity index is 437. The highest BCUT2D eigenvalue weighted by molar-refractivity contribution is 5.43. The molecule has 0 saturated carbocycles. The van der Waals surface area contributed by atoms with Gasteiger partial charge < -0.3 is 19.5 Å². The van der Waals surface area contributed by atoms with Crippen LogP contribution >= 0.6 is 0 Å². The number of nitrogens with one attached hydrogen (secondary N) is 1. The van der Waals surface area contributed by atoms with Gasteiger partial charge in [0.05, 0.1) is 33.0 Å². The second-order valence-electron chi connectivity index (χ2n) is 5.00. The van der Waals surface area contributed by atoms with Gasteiger partial charge in [-0.3, -0.25) is 4.90 Å². The van der Waals surface area contributed by atoms with Gasteiger partial charge in [0, 0.05) is 24.7 Å². The number of nitrogens with zero attached hydrogens (tertiary/aromatic N) is 1. The fourth-order valence-corrected chi connectivity index (χ4v) is 2.73. The van der Waals surface area contributed by atoms with Crippen LogP contribution in [0.3, 0.4) is 0 Å². The van der Waals surface area contributed by atoms with E-state index in [-0.39, 0.29) is 12.1 Å². The van der Waals surface area contributed by atoms with Crippen molar-refractivity contribution in [2.45, 2.75) is 12.1 Å². The van der Waals surface area contributed by atoms with Crippen molar-refractivity contribution in [3.05, 3.63) is 23.8 Å². The molecule has 1 aliphatic rings. The van der Waals surface area contributed by atoms with Crippen molar-refractivity contribution < 1.29 is 14.2 Å². The highest BCUT2D eigenvalue weighted by Gasteiger charge is 2.33.